The molecule has 0 unspecified atom stereocenters. The zero-order valence-corrected chi connectivity index (χ0v) is 18.5. The summed E-state index contributed by atoms with van der Waals surface area (Å²) in [6, 6.07) is 7.66. The van der Waals surface area contributed by atoms with E-state index in [9.17, 15) is 4.79 Å². The average Bonchev–Trinajstić information content (AvgIpc) is 3.23. The van der Waals surface area contributed by atoms with Crippen molar-refractivity contribution in [3.63, 3.8) is 0 Å². The Bertz CT molecular complexity index is 1000. The van der Waals surface area contributed by atoms with E-state index in [2.05, 4.69) is 41.1 Å². The minimum atomic E-state index is 0.211. The number of halogens is 1. The van der Waals surface area contributed by atoms with E-state index in [0.717, 1.165) is 29.0 Å². The number of fused-ring (bicyclic) bond motifs is 1. The Hall–Kier alpha value is -2.75. The highest BCUT2D eigenvalue weighted by Gasteiger charge is 2.24. The van der Waals surface area contributed by atoms with Crippen molar-refractivity contribution in [1.29, 1.82) is 0 Å². The van der Waals surface area contributed by atoms with Crippen LogP contribution in [0.15, 0.2) is 30.6 Å². The number of rotatable bonds is 7. The molecule has 9 nitrogen and oxygen atoms in total. The Balaban J connectivity index is 1.52. The van der Waals surface area contributed by atoms with Crippen molar-refractivity contribution < 1.29 is 9.53 Å². The molecule has 4 rings (SSSR count). The lowest BCUT2D eigenvalue weighted by Crippen LogP contribution is -2.49. The van der Waals surface area contributed by atoms with Crippen molar-refractivity contribution in [2.75, 3.05) is 43.0 Å². The van der Waals surface area contributed by atoms with Crippen molar-refractivity contribution in [2.24, 2.45) is 0 Å². The van der Waals surface area contributed by atoms with Crippen LogP contribution in [0.4, 0.5) is 5.82 Å². The standard InChI is InChI=1S/C20H24BrN7O2/c1-2-30-16-7-5-15(6-8-16)28-20-18(24-25-28)19(22-14-23-20)27-12-10-26(11-13-27)17(29)4-3-9-21/h5-8,14H,2-4,9-13H2,1H3. The summed E-state index contributed by atoms with van der Waals surface area (Å²) in [6.45, 7) is 5.36. The van der Waals surface area contributed by atoms with Gasteiger partial charge in [-0.3, -0.25) is 4.79 Å². The minimum absolute atomic E-state index is 0.211. The molecule has 3 aromatic rings. The Kier molecular flexibility index (Phi) is 6.41. The maximum atomic E-state index is 12.3. The summed E-state index contributed by atoms with van der Waals surface area (Å²) in [7, 11) is 0. The number of benzene rings is 1. The summed E-state index contributed by atoms with van der Waals surface area (Å²) in [4.78, 5) is 25.2. The van der Waals surface area contributed by atoms with Gasteiger partial charge in [-0.2, -0.15) is 4.68 Å². The van der Waals surface area contributed by atoms with Crippen LogP contribution < -0.4 is 9.64 Å². The van der Waals surface area contributed by atoms with Crippen molar-refractivity contribution in [1.82, 2.24) is 29.9 Å². The quantitative estimate of drug-likeness (QED) is 0.486. The third kappa shape index (κ3) is 4.23. The molecule has 0 spiro atoms. The molecule has 2 aromatic heterocycles. The zero-order chi connectivity index (χ0) is 20.9. The van der Waals surface area contributed by atoms with Crippen LogP contribution in [0.2, 0.25) is 0 Å². The third-order valence-electron chi connectivity index (χ3n) is 5.07. The smallest absolute Gasteiger partial charge is 0.222 e. The van der Waals surface area contributed by atoms with Crippen molar-refractivity contribution in [3.8, 4) is 11.4 Å². The van der Waals surface area contributed by atoms with E-state index in [-0.39, 0.29) is 5.91 Å². The van der Waals surface area contributed by atoms with Crippen molar-refractivity contribution in [2.45, 2.75) is 19.8 Å². The number of hydrogen-bond donors (Lipinski definition) is 0. The molecular formula is C20H24BrN7O2. The topological polar surface area (TPSA) is 89.3 Å². The van der Waals surface area contributed by atoms with Crippen LogP contribution in [0.1, 0.15) is 19.8 Å². The van der Waals surface area contributed by atoms with Crippen LogP contribution in [0, 0.1) is 0 Å². The first-order valence-corrected chi connectivity index (χ1v) is 11.2. The molecule has 1 aromatic carbocycles. The summed E-state index contributed by atoms with van der Waals surface area (Å²) >= 11 is 3.38. The zero-order valence-electron chi connectivity index (χ0n) is 16.9. The van der Waals surface area contributed by atoms with Gasteiger partial charge in [0.1, 0.15) is 12.1 Å². The molecular weight excluding hydrogens is 450 g/mol. The van der Waals surface area contributed by atoms with Crippen LogP contribution in [0.3, 0.4) is 0 Å². The number of hydrogen-bond acceptors (Lipinski definition) is 7. The van der Waals surface area contributed by atoms with Gasteiger partial charge in [0.25, 0.3) is 0 Å². The van der Waals surface area contributed by atoms with Gasteiger partial charge in [-0.25, -0.2) is 9.97 Å². The first-order chi connectivity index (χ1) is 14.7. The molecule has 0 saturated carbocycles. The highest BCUT2D eigenvalue weighted by Crippen LogP contribution is 2.24. The molecule has 1 amide bonds. The van der Waals surface area contributed by atoms with Gasteiger partial charge in [-0.1, -0.05) is 21.1 Å². The van der Waals surface area contributed by atoms with Gasteiger partial charge in [0.05, 0.1) is 12.3 Å². The first kappa shape index (κ1) is 20.5. The molecule has 1 aliphatic heterocycles. The summed E-state index contributed by atoms with van der Waals surface area (Å²) in [5, 5.41) is 9.50. The number of ether oxygens (including phenoxy) is 1. The molecule has 1 aliphatic rings. The highest BCUT2D eigenvalue weighted by molar-refractivity contribution is 9.09. The number of alkyl halides is 1. The van der Waals surface area contributed by atoms with Crippen LogP contribution in [-0.4, -0.2) is 73.9 Å². The Labute approximate surface area is 183 Å². The highest BCUT2D eigenvalue weighted by atomic mass is 79.9. The molecule has 158 valence electrons. The second-order valence-electron chi connectivity index (χ2n) is 6.96. The Morgan fingerprint density at radius 2 is 1.90 bits per heavy atom. The van der Waals surface area contributed by atoms with Crippen molar-refractivity contribution in [3.05, 3.63) is 30.6 Å². The third-order valence-corrected chi connectivity index (χ3v) is 5.63. The van der Waals surface area contributed by atoms with Gasteiger partial charge < -0.3 is 14.5 Å². The maximum Gasteiger partial charge on any atom is 0.222 e. The first-order valence-electron chi connectivity index (χ1n) is 10.1. The normalized spacial score (nSPS) is 14.3. The number of carbonyl (C=O) groups is 1. The maximum absolute atomic E-state index is 12.3. The van der Waals surface area contributed by atoms with Gasteiger partial charge in [0.15, 0.2) is 17.0 Å². The molecule has 0 atom stereocenters. The fourth-order valence-corrected chi connectivity index (χ4v) is 3.82. The summed E-state index contributed by atoms with van der Waals surface area (Å²) in [6.07, 6.45) is 2.99. The fourth-order valence-electron chi connectivity index (χ4n) is 3.54. The molecule has 1 fully saturated rings. The summed E-state index contributed by atoms with van der Waals surface area (Å²) in [5.41, 5.74) is 2.17. The molecule has 3 heterocycles. The van der Waals surface area contributed by atoms with Crippen LogP contribution in [0.5, 0.6) is 5.75 Å². The van der Waals surface area contributed by atoms with Gasteiger partial charge >= 0.3 is 0 Å². The molecule has 10 heteroatoms. The molecule has 1 saturated heterocycles. The predicted octanol–water partition coefficient (Wildman–Crippen LogP) is 2.43. The van der Waals surface area contributed by atoms with E-state index >= 15 is 0 Å². The molecule has 0 N–H and O–H groups in total. The van der Waals surface area contributed by atoms with Crippen molar-refractivity contribution >= 4 is 38.8 Å². The predicted molar refractivity (Wildman–Crippen MR) is 117 cm³/mol. The van der Waals surface area contributed by atoms with E-state index < -0.39 is 0 Å². The second-order valence-corrected chi connectivity index (χ2v) is 7.75. The van der Waals surface area contributed by atoms with E-state index in [1.54, 1.807) is 11.0 Å². The molecule has 0 radical (unpaired) electrons. The van der Waals surface area contributed by atoms with Crippen LogP contribution >= 0.6 is 15.9 Å². The number of piperazine rings is 1. The van der Waals surface area contributed by atoms with Crippen LogP contribution in [0.25, 0.3) is 16.9 Å². The summed E-state index contributed by atoms with van der Waals surface area (Å²) in [5.74, 6) is 1.78. The monoisotopic (exact) mass is 473 g/mol. The second kappa shape index (κ2) is 9.38. The molecule has 0 aliphatic carbocycles. The van der Waals surface area contributed by atoms with Gasteiger partial charge in [-0.05, 0) is 37.6 Å². The average molecular weight is 474 g/mol. The fraction of sp³-hybridized carbons (Fsp3) is 0.450. The minimum Gasteiger partial charge on any atom is -0.494 e. The number of carbonyl (C=O) groups excluding carboxylic acids is 1. The number of amides is 1. The lowest BCUT2D eigenvalue weighted by molar-refractivity contribution is -0.131. The number of nitrogens with zero attached hydrogens (tertiary/aromatic N) is 7. The number of anilines is 1. The van der Waals surface area contributed by atoms with Gasteiger partial charge in [0.2, 0.25) is 5.91 Å². The van der Waals surface area contributed by atoms with Gasteiger partial charge in [0, 0.05) is 37.9 Å². The summed E-state index contributed by atoms with van der Waals surface area (Å²) < 4.78 is 7.21. The number of aromatic nitrogens is 5. The SMILES string of the molecule is CCOc1ccc(-n2nnc3c(N4CCN(C(=O)CCCBr)CC4)ncnc32)cc1. The van der Waals surface area contributed by atoms with E-state index in [1.807, 2.05) is 36.1 Å². The van der Waals surface area contributed by atoms with Gasteiger partial charge in [-0.15, -0.1) is 5.10 Å². The largest absolute Gasteiger partial charge is 0.494 e. The molecule has 30 heavy (non-hydrogen) atoms. The molecule has 0 bridgehead atoms. The Morgan fingerprint density at radius 1 is 1.13 bits per heavy atom. The lowest BCUT2D eigenvalue weighted by Gasteiger charge is -2.35. The Morgan fingerprint density at radius 3 is 2.60 bits per heavy atom. The lowest BCUT2D eigenvalue weighted by atomic mass is 10.2. The van der Waals surface area contributed by atoms with E-state index in [1.165, 1.54) is 0 Å². The van der Waals surface area contributed by atoms with Crippen LogP contribution in [-0.2, 0) is 4.79 Å². The van der Waals surface area contributed by atoms with E-state index in [0.29, 0.717) is 50.4 Å². The van der Waals surface area contributed by atoms with E-state index in [4.69, 9.17) is 4.74 Å².